The number of hydrogen-bond donors (Lipinski definition) is 3. The number of nitrogens with one attached hydrogen (secondary N) is 3. The quantitative estimate of drug-likeness (QED) is 0.583. The molecule has 1 fully saturated rings. The van der Waals surface area contributed by atoms with Crippen molar-refractivity contribution in [2.75, 3.05) is 12.4 Å². The lowest BCUT2D eigenvalue weighted by atomic mass is 9.94. The maximum Gasteiger partial charge on any atom is 0.324 e. The Kier molecular flexibility index (Phi) is 3.07. The maximum absolute atomic E-state index is 12.1. The van der Waals surface area contributed by atoms with E-state index in [9.17, 15) is 14.4 Å². The number of likely N-dealkylation sites (N-methyl/N-ethyl adjacent to an activating group) is 1. The van der Waals surface area contributed by atoms with Crippen molar-refractivity contribution >= 4 is 35.3 Å². The SMILES string of the molecule is CN1C(=O)Nc2ccc(Cl)cc2C12NC(=O)NC2=O.O. The van der Waals surface area contributed by atoms with E-state index < -0.39 is 23.6 Å². The van der Waals surface area contributed by atoms with Crippen LogP contribution in [-0.2, 0) is 10.5 Å². The van der Waals surface area contributed by atoms with Crippen LogP contribution in [0, 0.1) is 0 Å². The standard InChI is InChI=1S/C11H9ClN4O3.H2O/c1-16-10(19)13-7-3-2-5(12)4-6(7)11(16)8(17)14-9(18)15-11;/h2-4H,1H3,(H,13,19)(H2,14,15,17,18);1H2. The molecule has 0 aromatic heterocycles. The van der Waals surface area contributed by atoms with Crippen molar-refractivity contribution < 1.29 is 19.9 Å². The van der Waals surface area contributed by atoms with E-state index in [2.05, 4.69) is 16.0 Å². The summed E-state index contributed by atoms with van der Waals surface area (Å²) in [5, 5.41) is 7.64. The van der Waals surface area contributed by atoms with Gasteiger partial charge < -0.3 is 16.1 Å². The predicted octanol–water partition coefficient (Wildman–Crippen LogP) is -0.0152. The summed E-state index contributed by atoms with van der Waals surface area (Å²) >= 11 is 5.93. The number of carbonyl (C=O) groups is 3. The molecule has 0 saturated carbocycles. The topological polar surface area (TPSA) is 122 Å². The molecule has 2 heterocycles. The second-order valence-electron chi connectivity index (χ2n) is 4.30. The van der Waals surface area contributed by atoms with Gasteiger partial charge in [-0.25, -0.2) is 9.59 Å². The highest BCUT2D eigenvalue weighted by Crippen LogP contribution is 2.38. The number of urea groups is 2. The number of hydrogen-bond acceptors (Lipinski definition) is 3. The van der Waals surface area contributed by atoms with Crippen LogP contribution in [0.15, 0.2) is 18.2 Å². The van der Waals surface area contributed by atoms with Crippen LogP contribution in [0.4, 0.5) is 15.3 Å². The van der Waals surface area contributed by atoms with Gasteiger partial charge in [0.05, 0.1) is 5.69 Å². The van der Waals surface area contributed by atoms with Crippen molar-refractivity contribution in [3.05, 3.63) is 28.8 Å². The molecule has 1 aromatic carbocycles. The first-order valence-corrected chi connectivity index (χ1v) is 5.81. The monoisotopic (exact) mass is 298 g/mol. The van der Waals surface area contributed by atoms with Gasteiger partial charge in [-0.15, -0.1) is 0 Å². The van der Waals surface area contributed by atoms with E-state index >= 15 is 0 Å². The number of amides is 5. The fourth-order valence-electron chi connectivity index (χ4n) is 2.33. The van der Waals surface area contributed by atoms with Gasteiger partial charge in [-0.05, 0) is 18.2 Å². The van der Waals surface area contributed by atoms with Crippen molar-refractivity contribution in [1.82, 2.24) is 15.5 Å². The van der Waals surface area contributed by atoms with Crippen LogP contribution < -0.4 is 16.0 Å². The number of halogens is 1. The largest absolute Gasteiger partial charge is 0.412 e. The highest BCUT2D eigenvalue weighted by molar-refractivity contribution is 6.31. The van der Waals surface area contributed by atoms with E-state index in [0.29, 0.717) is 16.3 Å². The molecular weight excluding hydrogens is 288 g/mol. The van der Waals surface area contributed by atoms with E-state index in [1.165, 1.54) is 13.1 Å². The first-order valence-electron chi connectivity index (χ1n) is 5.43. The Morgan fingerprint density at radius 3 is 2.50 bits per heavy atom. The zero-order valence-corrected chi connectivity index (χ0v) is 11.0. The summed E-state index contributed by atoms with van der Waals surface area (Å²) in [5.41, 5.74) is -0.699. The lowest BCUT2D eigenvalue weighted by Gasteiger charge is -2.40. The minimum atomic E-state index is -1.56. The molecule has 1 spiro atoms. The van der Waals surface area contributed by atoms with E-state index in [-0.39, 0.29) is 5.48 Å². The van der Waals surface area contributed by atoms with Gasteiger partial charge in [-0.2, -0.15) is 0 Å². The molecule has 1 atom stereocenters. The van der Waals surface area contributed by atoms with Crippen LogP contribution in [0.3, 0.4) is 0 Å². The molecule has 5 N–H and O–H groups in total. The third-order valence-electron chi connectivity index (χ3n) is 3.27. The number of imide groups is 1. The summed E-state index contributed by atoms with van der Waals surface area (Å²) in [4.78, 5) is 36.6. The van der Waals surface area contributed by atoms with Crippen LogP contribution in [0.25, 0.3) is 0 Å². The Morgan fingerprint density at radius 1 is 1.20 bits per heavy atom. The third-order valence-corrected chi connectivity index (χ3v) is 3.51. The summed E-state index contributed by atoms with van der Waals surface area (Å²) in [6.07, 6.45) is 0. The Balaban J connectivity index is 0.00000147. The van der Waals surface area contributed by atoms with Gasteiger partial charge >= 0.3 is 12.1 Å². The van der Waals surface area contributed by atoms with E-state index in [1.54, 1.807) is 12.1 Å². The average molecular weight is 299 g/mol. The van der Waals surface area contributed by atoms with Gasteiger partial charge in [0.2, 0.25) is 5.66 Å². The van der Waals surface area contributed by atoms with Crippen LogP contribution >= 0.6 is 11.6 Å². The van der Waals surface area contributed by atoms with Gasteiger partial charge in [-0.1, -0.05) is 11.6 Å². The predicted molar refractivity (Wildman–Crippen MR) is 70.2 cm³/mol. The Hall–Kier alpha value is -2.32. The Morgan fingerprint density at radius 2 is 1.90 bits per heavy atom. The number of rotatable bonds is 0. The van der Waals surface area contributed by atoms with Crippen LogP contribution in [0.2, 0.25) is 5.02 Å². The molecule has 2 aliphatic rings. The van der Waals surface area contributed by atoms with Gasteiger partial charge in [0.1, 0.15) is 0 Å². The second kappa shape index (κ2) is 4.36. The molecule has 1 aromatic rings. The molecule has 0 bridgehead atoms. The first-order chi connectivity index (χ1) is 8.95. The van der Waals surface area contributed by atoms with Crippen molar-refractivity contribution in [2.24, 2.45) is 0 Å². The molecule has 20 heavy (non-hydrogen) atoms. The third kappa shape index (κ3) is 1.62. The minimum Gasteiger partial charge on any atom is -0.412 e. The average Bonchev–Trinajstić information content (AvgIpc) is 2.64. The number of nitrogens with zero attached hydrogens (tertiary/aromatic N) is 1. The summed E-state index contributed by atoms with van der Waals surface area (Å²) < 4.78 is 0. The Labute approximate surface area is 118 Å². The van der Waals surface area contributed by atoms with Crippen LogP contribution in [0.5, 0.6) is 0 Å². The van der Waals surface area contributed by atoms with Gasteiger partial charge in [0, 0.05) is 17.6 Å². The molecule has 1 unspecified atom stereocenters. The molecular formula is C11H11ClN4O4. The fourth-order valence-corrected chi connectivity index (χ4v) is 2.50. The van der Waals surface area contributed by atoms with Crippen LogP contribution in [0.1, 0.15) is 5.56 Å². The summed E-state index contributed by atoms with van der Waals surface area (Å²) in [6.45, 7) is 0. The highest BCUT2D eigenvalue weighted by Gasteiger charge is 2.56. The molecule has 3 rings (SSSR count). The molecule has 2 aliphatic heterocycles. The molecule has 8 nitrogen and oxygen atoms in total. The highest BCUT2D eigenvalue weighted by atomic mass is 35.5. The summed E-state index contributed by atoms with van der Waals surface area (Å²) in [5.74, 6) is -0.613. The minimum absolute atomic E-state index is 0. The number of benzene rings is 1. The molecule has 0 radical (unpaired) electrons. The first kappa shape index (κ1) is 14.1. The Bertz CT molecular complexity index is 635. The molecule has 1 saturated heterocycles. The molecule has 5 amide bonds. The summed E-state index contributed by atoms with van der Waals surface area (Å²) in [7, 11) is 1.42. The van der Waals surface area contributed by atoms with E-state index in [0.717, 1.165) is 4.90 Å². The molecule has 9 heteroatoms. The lowest BCUT2D eigenvalue weighted by Crippen LogP contribution is -2.62. The van der Waals surface area contributed by atoms with Crippen molar-refractivity contribution in [1.29, 1.82) is 0 Å². The van der Waals surface area contributed by atoms with Gasteiger partial charge in [0.25, 0.3) is 5.91 Å². The number of fused-ring (bicyclic) bond motifs is 2. The zero-order chi connectivity index (χ0) is 13.8. The maximum atomic E-state index is 12.1. The normalized spacial score (nSPS) is 23.7. The lowest BCUT2D eigenvalue weighted by molar-refractivity contribution is -0.129. The van der Waals surface area contributed by atoms with E-state index in [4.69, 9.17) is 11.6 Å². The van der Waals surface area contributed by atoms with Crippen LogP contribution in [-0.4, -0.2) is 35.4 Å². The van der Waals surface area contributed by atoms with Crippen molar-refractivity contribution in [3.63, 3.8) is 0 Å². The van der Waals surface area contributed by atoms with Crippen molar-refractivity contribution in [2.45, 2.75) is 5.66 Å². The fraction of sp³-hybridized carbons (Fsp3) is 0.182. The van der Waals surface area contributed by atoms with Crippen molar-refractivity contribution in [3.8, 4) is 0 Å². The molecule has 106 valence electrons. The molecule has 0 aliphatic carbocycles. The number of anilines is 1. The van der Waals surface area contributed by atoms with Gasteiger partial charge in [0.15, 0.2) is 0 Å². The van der Waals surface area contributed by atoms with E-state index in [1.807, 2.05) is 0 Å². The summed E-state index contributed by atoms with van der Waals surface area (Å²) in [6, 6.07) is 3.57. The zero-order valence-electron chi connectivity index (χ0n) is 10.3. The number of carbonyl (C=O) groups excluding carboxylic acids is 3. The smallest absolute Gasteiger partial charge is 0.324 e. The van der Waals surface area contributed by atoms with Gasteiger partial charge in [-0.3, -0.25) is 15.0 Å². The second-order valence-corrected chi connectivity index (χ2v) is 4.73.